The van der Waals surface area contributed by atoms with E-state index in [9.17, 15) is 0 Å². The fourth-order valence-electron chi connectivity index (χ4n) is 1.13. The Hall–Kier alpha value is -0.630. The predicted octanol–water partition coefficient (Wildman–Crippen LogP) is -0.967. The van der Waals surface area contributed by atoms with Crippen LogP contribution in [0.1, 0.15) is 6.42 Å². The molecule has 0 bridgehead atoms. The molecule has 1 rings (SSSR count). The van der Waals surface area contributed by atoms with E-state index in [-0.39, 0.29) is 12.0 Å². The van der Waals surface area contributed by atoms with Crippen molar-refractivity contribution in [3.63, 3.8) is 0 Å². The Morgan fingerprint density at radius 2 is 2.30 bits per heavy atom. The van der Waals surface area contributed by atoms with Crippen molar-refractivity contribution in [2.75, 3.05) is 13.1 Å². The summed E-state index contributed by atoms with van der Waals surface area (Å²) >= 11 is 0. The summed E-state index contributed by atoms with van der Waals surface area (Å²) in [7, 11) is 0. The first-order chi connectivity index (χ1) is 4.74. The normalized spacial score (nSPS) is 35.3. The fourth-order valence-corrected chi connectivity index (χ4v) is 1.13. The van der Waals surface area contributed by atoms with Crippen LogP contribution < -0.4 is 11.6 Å². The molecule has 0 spiro atoms. The second-order valence-corrected chi connectivity index (χ2v) is 2.68. The number of piperidine rings is 1. The maximum Gasteiger partial charge on any atom is 0.0755 e. The van der Waals surface area contributed by atoms with Crippen LogP contribution in [0.2, 0.25) is 0 Å². The molecule has 0 aromatic rings. The van der Waals surface area contributed by atoms with Crippen LogP contribution in [-0.2, 0) is 0 Å². The second-order valence-electron chi connectivity index (χ2n) is 2.68. The van der Waals surface area contributed by atoms with Crippen molar-refractivity contribution in [3.05, 3.63) is 0 Å². The molecule has 4 heteroatoms. The molecule has 2 unspecified atom stereocenters. The van der Waals surface area contributed by atoms with E-state index >= 15 is 0 Å². The summed E-state index contributed by atoms with van der Waals surface area (Å²) in [4.78, 5) is 0. The Morgan fingerprint density at radius 3 is 2.80 bits per heavy atom. The predicted molar refractivity (Wildman–Crippen MR) is 37.5 cm³/mol. The third kappa shape index (κ3) is 1.45. The molecule has 0 amide bonds. The van der Waals surface area contributed by atoms with E-state index < -0.39 is 0 Å². The van der Waals surface area contributed by atoms with Crippen molar-refractivity contribution < 1.29 is 0 Å². The molecule has 1 heterocycles. The van der Waals surface area contributed by atoms with Crippen molar-refractivity contribution in [1.82, 2.24) is 5.01 Å². The molecule has 0 aromatic heterocycles. The van der Waals surface area contributed by atoms with Crippen LogP contribution in [0, 0.1) is 17.2 Å². The summed E-state index contributed by atoms with van der Waals surface area (Å²) in [5.74, 6) is 5.41. The van der Waals surface area contributed by atoms with Gasteiger partial charge in [0.25, 0.3) is 0 Å². The lowest BCUT2D eigenvalue weighted by molar-refractivity contribution is 0.185. The minimum Gasteiger partial charge on any atom is -0.326 e. The third-order valence-electron chi connectivity index (χ3n) is 1.86. The quantitative estimate of drug-likeness (QED) is 0.424. The van der Waals surface area contributed by atoms with Crippen LogP contribution in [0.4, 0.5) is 0 Å². The topological polar surface area (TPSA) is 79.1 Å². The Morgan fingerprint density at radius 1 is 1.60 bits per heavy atom. The van der Waals surface area contributed by atoms with Gasteiger partial charge in [0.2, 0.25) is 0 Å². The van der Waals surface area contributed by atoms with Crippen LogP contribution in [0.5, 0.6) is 0 Å². The molecule has 56 valence electrons. The molecule has 1 aliphatic rings. The molecule has 0 aromatic carbocycles. The van der Waals surface area contributed by atoms with Gasteiger partial charge in [-0.15, -0.1) is 0 Å². The Bertz CT molecular complexity index is 150. The van der Waals surface area contributed by atoms with Crippen molar-refractivity contribution >= 4 is 0 Å². The summed E-state index contributed by atoms with van der Waals surface area (Å²) in [5, 5.41) is 10.2. The zero-order valence-electron chi connectivity index (χ0n) is 5.83. The Labute approximate surface area is 60.4 Å². The summed E-state index contributed by atoms with van der Waals surface area (Å²) < 4.78 is 0. The van der Waals surface area contributed by atoms with Gasteiger partial charge in [-0.25, -0.2) is 5.01 Å². The Balaban J connectivity index is 2.47. The minimum atomic E-state index is -0.0845. The summed E-state index contributed by atoms with van der Waals surface area (Å²) in [6, 6.07) is 2.16. The average molecular weight is 140 g/mol. The average Bonchev–Trinajstić information content (AvgIpc) is 1.94. The van der Waals surface area contributed by atoms with Gasteiger partial charge < -0.3 is 5.73 Å². The highest BCUT2D eigenvalue weighted by Gasteiger charge is 2.24. The lowest BCUT2D eigenvalue weighted by Gasteiger charge is -2.29. The van der Waals surface area contributed by atoms with Gasteiger partial charge in [-0.2, -0.15) is 5.26 Å². The molecule has 0 aliphatic carbocycles. The van der Waals surface area contributed by atoms with Crippen LogP contribution in [0.15, 0.2) is 0 Å². The van der Waals surface area contributed by atoms with E-state index in [1.807, 2.05) is 0 Å². The number of nitrogens with two attached hydrogens (primary N) is 2. The minimum absolute atomic E-state index is 0.0183. The van der Waals surface area contributed by atoms with Gasteiger partial charge in [0.1, 0.15) is 0 Å². The molecule has 1 saturated heterocycles. The van der Waals surface area contributed by atoms with Gasteiger partial charge in [0.15, 0.2) is 0 Å². The standard InChI is InChI=1S/C6H12N4/c7-3-5-4-10(9)2-1-6(5)8/h5-6H,1-2,4,8-9H2. The monoisotopic (exact) mass is 140 g/mol. The number of nitrogens with zero attached hydrogens (tertiary/aromatic N) is 2. The summed E-state index contributed by atoms with van der Waals surface area (Å²) in [6.45, 7) is 1.41. The van der Waals surface area contributed by atoms with Gasteiger partial charge in [-0.05, 0) is 6.42 Å². The first-order valence-corrected chi connectivity index (χ1v) is 3.39. The number of rotatable bonds is 0. The van der Waals surface area contributed by atoms with Crippen LogP contribution in [0.25, 0.3) is 0 Å². The molecule has 0 radical (unpaired) electrons. The molecule has 2 atom stereocenters. The van der Waals surface area contributed by atoms with Gasteiger partial charge in [-0.1, -0.05) is 0 Å². The van der Waals surface area contributed by atoms with Crippen molar-refractivity contribution in [3.8, 4) is 6.07 Å². The van der Waals surface area contributed by atoms with Crippen LogP contribution in [-0.4, -0.2) is 24.1 Å². The van der Waals surface area contributed by atoms with Crippen molar-refractivity contribution in [2.24, 2.45) is 17.5 Å². The SMILES string of the molecule is N#CC1CN(N)CCC1N. The lowest BCUT2D eigenvalue weighted by atomic mass is 9.95. The van der Waals surface area contributed by atoms with E-state index in [0.717, 1.165) is 13.0 Å². The van der Waals surface area contributed by atoms with Gasteiger partial charge in [0, 0.05) is 19.1 Å². The van der Waals surface area contributed by atoms with Gasteiger partial charge in [-0.3, -0.25) is 5.84 Å². The van der Waals surface area contributed by atoms with Crippen LogP contribution in [0.3, 0.4) is 0 Å². The second kappa shape index (κ2) is 2.97. The molecular weight excluding hydrogens is 128 g/mol. The molecule has 4 nitrogen and oxygen atoms in total. The van der Waals surface area contributed by atoms with Crippen LogP contribution >= 0.6 is 0 Å². The molecule has 4 N–H and O–H groups in total. The maximum absolute atomic E-state index is 8.57. The first kappa shape index (κ1) is 7.48. The van der Waals surface area contributed by atoms with Crippen molar-refractivity contribution in [2.45, 2.75) is 12.5 Å². The lowest BCUT2D eigenvalue weighted by Crippen LogP contribution is -2.49. The highest BCUT2D eigenvalue weighted by molar-refractivity contribution is 4.94. The summed E-state index contributed by atoms with van der Waals surface area (Å²) in [6.07, 6.45) is 0.828. The molecule has 10 heavy (non-hydrogen) atoms. The maximum atomic E-state index is 8.57. The third-order valence-corrected chi connectivity index (χ3v) is 1.86. The highest BCUT2D eigenvalue weighted by atomic mass is 15.4. The largest absolute Gasteiger partial charge is 0.326 e. The molecule has 1 fully saturated rings. The summed E-state index contributed by atoms with van der Waals surface area (Å²) in [5.41, 5.74) is 5.65. The van der Waals surface area contributed by atoms with Gasteiger partial charge in [0.05, 0.1) is 12.0 Å². The highest BCUT2D eigenvalue weighted by Crippen LogP contribution is 2.11. The van der Waals surface area contributed by atoms with E-state index in [4.69, 9.17) is 16.8 Å². The van der Waals surface area contributed by atoms with E-state index in [1.165, 1.54) is 0 Å². The first-order valence-electron chi connectivity index (χ1n) is 3.39. The van der Waals surface area contributed by atoms with E-state index in [2.05, 4.69) is 6.07 Å². The Kier molecular flexibility index (Phi) is 2.22. The smallest absolute Gasteiger partial charge is 0.0755 e. The number of hydrogen-bond donors (Lipinski definition) is 2. The van der Waals surface area contributed by atoms with Gasteiger partial charge >= 0.3 is 0 Å². The van der Waals surface area contributed by atoms with E-state index in [0.29, 0.717) is 6.54 Å². The number of nitriles is 1. The molecule has 0 saturated carbocycles. The zero-order chi connectivity index (χ0) is 7.56. The van der Waals surface area contributed by atoms with Crippen molar-refractivity contribution in [1.29, 1.82) is 5.26 Å². The fraction of sp³-hybridized carbons (Fsp3) is 0.833. The zero-order valence-corrected chi connectivity index (χ0v) is 5.83. The number of hydrazine groups is 1. The van der Waals surface area contributed by atoms with E-state index in [1.54, 1.807) is 5.01 Å². The molecule has 1 aliphatic heterocycles. The number of hydrogen-bond acceptors (Lipinski definition) is 4. The molecular formula is C6H12N4.